The number of ether oxygens (including phenoxy) is 1. The molecule has 4 heterocycles. The fraction of sp³-hybridized carbons (Fsp3) is 0.185. The molecular formula is C27H22Cl2N8O3. The van der Waals surface area contributed by atoms with Crippen LogP contribution in [0.25, 0.3) is 28.1 Å². The number of fused-ring (bicyclic) bond motifs is 1. The highest BCUT2D eigenvalue weighted by atomic mass is 35.5. The molecule has 1 atom stereocenters. The minimum atomic E-state index is -0.884. The van der Waals surface area contributed by atoms with Gasteiger partial charge in [0.1, 0.15) is 28.7 Å². The lowest BCUT2D eigenvalue weighted by atomic mass is 10.0. The molecule has 1 aliphatic rings. The van der Waals surface area contributed by atoms with Crippen LogP contribution in [0, 0.1) is 0 Å². The second kappa shape index (κ2) is 10.2. The molecule has 1 amide bonds. The molecule has 0 saturated carbocycles. The zero-order valence-electron chi connectivity index (χ0n) is 21.1. The Morgan fingerprint density at radius 1 is 1.15 bits per heavy atom. The van der Waals surface area contributed by atoms with Crippen molar-refractivity contribution in [3.63, 3.8) is 0 Å². The van der Waals surface area contributed by atoms with Crippen molar-refractivity contribution in [2.45, 2.75) is 32.2 Å². The number of amides is 1. The molecule has 0 fully saturated rings. The molecule has 1 aliphatic heterocycles. The van der Waals surface area contributed by atoms with E-state index in [-0.39, 0.29) is 11.6 Å². The zero-order chi connectivity index (χ0) is 28.0. The van der Waals surface area contributed by atoms with Gasteiger partial charge >= 0.3 is 6.09 Å². The minimum Gasteiger partial charge on any atom is -0.410 e. The maximum atomic E-state index is 13.5. The summed E-state index contributed by atoms with van der Waals surface area (Å²) in [7, 11) is 0. The van der Waals surface area contributed by atoms with Gasteiger partial charge in [0.15, 0.2) is 0 Å². The van der Waals surface area contributed by atoms with Gasteiger partial charge < -0.3 is 20.0 Å². The highest BCUT2D eigenvalue weighted by Crippen LogP contribution is 2.37. The van der Waals surface area contributed by atoms with E-state index >= 15 is 0 Å². The highest BCUT2D eigenvalue weighted by molar-refractivity contribution is 6.32. The van der Waals surface area contributed by atoms with Crippen LogP contribution in [0.2, 0.25) is 10.2 Å². The Balaban J connectivity index is 1.37. The number of primary amides is 1. The van der Waals surface area contributed by atoms with Gasteiger partial charge in [0.05, 0.1) is 11.7 Å². The molecule has 6 rings (SSSR count). The lowest BCUT2D eigenvalue weighted by Gasteiger charge is -2.15. The third kappa shape index (κ3) is 4.63. The lowest BCUT2D eigenvalue weighted by molar-refractivity contribution is 0.211. The van der Waals surface area contributed by atoms with Crippen LogP contribution in [0.15, 0.2) is 59.7 Å². The summed E-state index contributed by atoms with van der Waals surface area (Å²) in [5.41, 5.74) is 10.2. The van der Waals surface area contributed by atoms with Crippen LogP contribution in [0.5, 0.6) is 5.75 Å². The first-order valence-electron chi connectivity index (χ1n) is 12.5. The second-order valence-electron chi connectivity index (χ2n) is 9.29. The fourth-order valence-electron chi connectivity index (χ4n) is 5.20. The third-order valence-corrected chi connectivity index (χ3v) is 7.43. The van der Waals surface area contributed by atoms with Crippen molar-refractivity contribution < 1.29 is 9.53 Å². The van der Waals surface area contributed by atoms with Gasteiger partial charge in [0, 0.05) is 27.9 Å². The van der Waals surface area contributed by atoms with Crippen LogP contribution in [0.4, 0.5) is 4.79 Å². The van der Waals surface area contributed by atoms with E-state index in [0.717, 1.165) is 22.4 Å². The maximum Gasteiger partial charge on any atom is 0.409 e. The number of pyridine rings is 1. The number of benzene rings is 2. The molecule has 202 valence electrons. The maximum absolute atomic E-state index is 13.5. The van der Waals surface area contributed by atoms with E-state index in [2.05, 4.69) is 20.5 Å². The number of hydrogen-bond acceptors (Lipinski definition) is 7. The van der Waals surface area contributed by atoms with Crippen LogP contribution in [-0.4, -0.2) is 40.8 Å². The number of imidazole rings is 1. The largest absolute Gasteiger partial charge is 0.410 e. The third-order valence-electron chi connectivity index (χ3n) is 6.92. The number of carbonyl (C=O) groups is 1. The fourth-order valence-corrected chi connectivity index (χ4v) is 5.61. The molecular weight excluding hydrogens is 555 g/mol. The number of nitrogens with two attached hydrogens (primary N) is 1. The SMILES string of the molecule is CCc1cc(OC(N)=O)ccc1-c1nc(C2CCc3cc(-c4cc(Cl)ccc4-n4cnnn4)cc(=O)n32)[nH]c1Cl. The second-order valence-corrected chi connectivity index (χ2v) is 10.1. The molecule has 1 unspecified atom stereocenters. The van der Waals surface area contributed by atoms with Gasteiger partial charge in [0.25, 0.3) is 5.56 Å². The van der Waals surface area contributed by atoms with Gasteiger partial charge in [-0.3, -0.25) is 4.79 Å². The smallest absolute Gasteiger partial charge is 0.409 e. The monoisotopic (exact) mass is 576 g/mol. The van der Waals surface area contributed by atoms with Crippen LogP contribution in [0.3, 0.4) is 0 Å². The van der Waals surface area contributed by atoms with Crippen molar-refractivity contribution in [3.8, 4) is 33.8 Å². The number of aromatic amines is 1. The average molecular weight is 577 g/mol. The van der Waals surface area contributed by atoms with Gasteiger partial charge in [-0.25, -0.2) is 9.78 Å². The number of tetrazole rings is 1. The number of aromatic nitrogens is 7. The zero-order valence-corrected chi connectivity index (χ0v) is 22.6. The van der Waals surface area contributed by atoms with Crippen LogP contribution in [-0.2, 0) is 12.8 Å². The number of aryl methyl sites for hydroxylation is 2. The summed E-state index contributed by atoms with van der Waals surface area (Å²) in [6, 6.07) is 13.8. The number of rotatable bonds is 6. The average Bonchev–Trinajstić information content (AvgIpc) is 3.68. The Bertz CT molecular complexity index is 1810. The first kappa shape index (κ1) is 25.8. The number of carbonyl (C=O) groups excluding carboxylic acids is 1. The number of nitrogens with zero attached hydrogens (tertiary/aromatic N) is 6. The van der Waals surface area contributed by atoms with Crippen LogP contribution >= 0.6 is 23.2 Å². The number of hydrogen-bond donors (Lipinski definition) is 2. The molecule has 13 heteroatoms. The minimum absolute atomic E-state index is 0.172. The van der Waals surface area contributed by atoms with Crippen molar-refractivity contribution in [3.05, 3.63) is 92.5 Å². The predicted molar refractivity (Wildman–Crippen MR) is 149 cm³/mol. The molecule has 0 radical (unpaired) electrons. The van der Waals surface area contributed by atoms with E-state index in [4.69, 9.17) is 38.7 Å². The van der Waals surface area contributed by atoms with Crippen LogP contribution in [0.1, 0.15) is 36.5 Å². The summed E-state index contributed by atoms with van der Waals surface area (Å²) in [5.74, 6) is 0.931. The molecule has 11 nitrogen and oxygen atoms in total. The van der Waals surface area contributed by atoms with E-state index < -0.39 is 6.09 Å². The van der Waals surface area contributed by atoms with E-state index in [1.54, 1.807) is 41.0 Å². The Kier molecular flexibility index (Phi) is 6.60. The highest BCUT2D eigenvalue weighted by Gasteiger charge is 2.29. The molecule has 40 heavy (non-hydrogen) atoms. The topological polar surface area (TPSA) is 147 Å². The Morgan fingerprint density at radius 3 is 2.75 bits per heavy atom. The molecule has 2 aromatic carbocycles. The Morgan fingerprint density at radius 2 is 2.00 bits per heavy atom. The number of nitrogens with one attached hydrogen (secondary N) is 1. The predicted octanol–water partition coefficient (Wildman–Crippen LogP) is 4.74. The van der Waals surface area contributed by atoms with Crippen molar-refractivity contribution >= 4 is 29.3 Å². The first-order chi connectivity index (χ1) is 19.3. The molecule has 0 aliphatic carbocycles. The summed E-state index contributed by atoms with van der Waals surface area (Å²) < 4.78 is 8.29. The molecule has 0 spiro atoms. The van der Waals surface area contributed by atoms with E-state index in [9.17, 15) is 9.59 Å². The molecule has 0 bridgehead atoms. The van der Waals surface area contributed by atoms with Gasteiger partial charge in [-0.1, -0.05) is 30.1 Å². The van der Waals surface area contributed by atoms with Gasteiger partial charge in [0.2, 0.25) is 0 Å². The normalized spacial score (nSPS) is 14.3. The van der Waals surface area contributed by atoms with Crippen molar-refractivity contribution in [1.29, 1.82) is 0 Å². The summed E-state index contributed by atoms with van der Waals surface area (Å²) >= 11 is 12.9. The number of H-pyrrole nitrogens is 1. The molecule has 3 aromatic heterocycles. The van der Waals surface area contributed by atoms with Gasteiger partial charge in [-0.2, -0.15) is 4.68 Å². The summed E-state index contributed by atoms with van der Waals surface area (Å²) in [4.78, 5) is 32.7. The van der Waals surface area contributed by atoms with E-state index in [0.29, 0.717) is 58.0 Å². The summed E-state index contributed by atoms with van der Waals surface area (Å²) in [5, 5.41) is 12.3. The summed E-state index contributed by atoms with van der Waals surface area (Å²) in [6.45, 7) is 1.98. The standard InChI is InChI=1S/C27H22Cl2N8O3/c1-2-14-10-18(40-27(30)39)5-6-19(14)24-25(29)33-26(32-24)22-8-4-17-9-15(11-23(38)37(17)22)20-12-16(28)3-7-21(20)36-13-31-34-35-36/h3,5-7,9-13,22H,2,4,8H2,1H3,(H2,30,39)(H,32,33). The van der Waals surface area contributed by atoms with Crippen molar-refractivity contribution in [1.82, 2.24) is 34.7 Å². The van der Waals surface area contributed by atoms with E-state index in [1.165, 1.54) is 11.0 Å². The molecule has 0 saturated heterocycles. The quantitative estimate of drug-likeness (QED) is 0.296. The Hall–Kier alpha value is -4.48. The van der Waals surface area contributed by atoms with Crippen LogP contribution < -0.4 is 16.0 Å². The summed E-state index contributed by atoms with van der Waals surface area (Å²) in [6.07, 6.45) is 2.59. The van der Waals surface area contributed by atoms with Crippen molar-refractivity contribution in [2.24, 2.45) is 5.73 Å². The lowest BCUT2D eigenvalue weighted by Crippen LogP contribution is -2.24. The number of halogens is 2. The molecule has 5 aromatic rings. The molecule has 3 N–H and O–H groups in total. The van der Waals surface area contributed by atoms with Gasteiger partial charge in [-0.05, 0) is 83.3 Å². The van der Waals surface area contributed by atoms with Gasteiger partial charge in [-0.15, -0.1) is 5.10 Å². The Labute approximate surface area is 237 Å². The van der Waals surface area contributed by atoms with E-state index in [1.807, 2.05) is 19.1 Å². The van der Waals surface area contributed by atoms with Crippen molar-refractivity contribution in [2.75, 3.05) is 0 Å². The first-order valence-corrected chi connectivity index (χ1v) is 13.2.